The first-order chi connectivity index (χ1) is 5.84. The van der Waals surface area contributed by atoms with E-state index in [0.29, 0.717) is 12.1 Å². The highest BCUT2D eigenvalue weighted by Crippen LogP contribution is 1.91. The molecule has 0 saturated heterocycles. The third kappa shape index (κ3) is 2.16. The van der Waals surface area contributed by atoms with E-state index < -0.39 is 0 Å². The number of carbonyl (C=O) groups is 1. The van der Waals surface area contributed by atoms with Crippen LogP contribution in [-0.4, -0.2) is 22.4 Å². The summed E-state index contributed by atoms with van der Waals surface area (Å²) in [5.41, 5.74) is 0.458. The normalized spacial score (nSPS) is 9.00. The summed E-state index contributed by atoms with van der Waals surface area (Å²) in [6, 6.07) is 0. The molecule has 4 heteroatoms. The lowest BCUT2D eigenvalue weighted by atomic mass is 10.3. The van der Waals surface area contributed by atoms with E-state index in [2.05, 4.69) is 21.9 Å². The van der Waals surface area contributed by atoms with Gasteiger partial charge in [0, 0.05) is 18.9 Å². The van der Waals surface area contributed by atoms with Crippen LogP contribution in [0.25, 0.3) is 0 Å². The molecule has 0 unspecified atom stereocenters. The number of aromatic nitrogens is 2. The molecule has 0 atom stereocenters. The van der Waals surface area contributed by atoms with E-state index in [1.807, 2.05) is 0 Å². The highest BCUT2D eigenvalue weighted by atomic mass is 16.1. The van der Waals surface area contributed by atoms with E-state index in [1.165, 1.54) is 18.7 Å². The fourth-order valence-corrected chi connectivity index (χ4v) is 0.683. The Kier molecular flexibility index (Phi) is 2.95. The first kappa shape index (κ1) is 8.39. The third-order valence-corrected chi connectivity index (χ3v) is 1.23. The van der Waals surface area contributed by atoms with Crippen molar-refractivity contribution in [2.75, 3.05) is 6.54 Å². The zero-order chi connectivity index (χ0) is 8.81. The number of carbonyl (C=O) groups excluding carboxylic acids is 1. The van der Waals surface area contributed by atoms with Crippen LogP contribution in [0.15, 0.2) is 31.4 Å². The van der Waals surface area contributed by atoms with Crippen LogP contribution < -0.4 is 5.32 Å². The van der Waals surface area contributed by atoms with Crippen LogP contribution in [0.3, 0.4) is 0 Å². The van der Waals surface area contributed by atoms with E-state index in [0.717, 1.165) is 0 Å². The summed E-state index contributed by atoms with van der Waals surface area (Å²) in [7, 11) is 0. The summed E-state index contributed by atoms with van der Waals surface area (Å²) >= 11 is 0. The molecule has 1 aromatic heterocycles. The molecular formula is C8H9N3O. The highest BCUT2D eigenvalue weighted by molar-refractivity contribution is 5.93. The van der Waals surface area contributed by atoms with Crippen molar-refractivity contribution in [3.8, 4) is 0 Å². The fraction of sp³-hybridized carbons (Fsp3) is 0.125. The van der Waals surface area contributed by atoms with Crippen molar-refractivity contribution >= 4 is 5.91 Å². The van der Waals surface area contributed by atoms with Gasteiger partial charge in [-0.2, -0.15) is 0 Å². The van der Waals surface area contributed by atoms with Gasteiger partial charge in [-0.3, -0.25) is 4.79 Å². The highest BCUT2D eigenvalue weighted by Gasteiger charge is 2.02. The lowest BCUT2D eigenvalue weighted by Crippen LogP contribution is -2.23. The zero-order valence-electron chi connectivity index (χ0n) is 6.53. The molecular weight excluding hydrogens is 154 g/mol. The van der Waals surface area contributed by atoms with E-state index in [9.17, 15) is 4.79 Å². The van der Waals surface area contributed by atoms with Crippen LogP contribution in [0, 0.1) is 0 Å². The molecule has 0 saturated carbocycles. The van der Waals surface area contributed by atoms with Gasteiger partial charge in [0.1, 0.15) is 6.33 Å². The number of nitrogens with zero attached hydrogens (tertiary/aromatic N) is 2. The predicted octanol–water partition coefficient (Wildman–Crippen LogP) is 0.392. The minimum atomic E-state index is -0.185. The van der Waals surface area contributed by atoms with Gasteiger partial charge in [-0.1, -0.05) is 6.08 Å². The van der Waals surface area contributed by atoms with Gasteiger partial charge in [-0.05, 0) is 0 Å². The van der Waals surface area contributed by atoms with Crippen LogP contribution in [0.1, 0.15) is 10.4 Å². The molecule has 0 fully saturated rings. The minimum Gasteiger partial charge on any atom is -0.348 e. The monoisotopic (exact) mass is 163 g/mol. The second-order valence-electron chi connectivity index (χ2n) is 2.13. The number of hydrogen-bond donors (Lipinski definition) is 1. The van der Waals surface area contributed by atoms with E-state index in [4.69, 9.17) is 0 Å². The van der Waals surface area contributed by atoms with Gasteiger partial charge < -0.3 is 5.32 Å². The number of amides is 1. The molecule has 1 heterocycles. The Balaban J connectivity index is 2.59. The van der Waals surface area contributed by atoms with Crippen LogP contribution in [0.2, 0.25) is 0 Å². The summed E-state index contributed by atoms with van der Waals surface area (Å²) in [6.07, 6.45) is 5.92. The zero-order valence-corrected chi connectivity index (χ0v) is 6.53. The van der Waals surface area contributed by atoms with Gasteiger partial charge in [-0.15, -0.1) is 6.58 Å². The van der Waals surface area contributed by atoms with Crippen LogP contribution in [0.4, 0.5) is 0 Å². The number of nitrogens with one attached hydrogen (secondary N) is 1. The maximum atomic E-state index is 11.2. The SMILES string of the molecule is C=CCNC(=O)c1cncnc1. The first-order valence-electron chi connectivity index (χ1n) is 3.48. The Bertz CT molecular complexity index is 271. The van der Waals surface area contributed by atoms with Gasteiger partial charge in [0.2, 0.25) is 0 Å². The Morgan fingerprint density at radius 2 is 2.25 bits per heavy atom. The summed E-state index contributed by atoms with van der Waals surface area (Å²) in [5, 5.41) is 2.61. The van der Waals surface area contributed by atoms with Crippen LogP contribution >= 0.6 is 0 Å². The van der Waals surface area contributed by atoms with E-state index in [-0.39, 0.29) is 5.91 Å². The van der Waals surface area contributed by atoms with Crippen molar-refractivity contribution in [1.82, 2.24) is 15.3 Å². The lowest BCUT2D eigenvalue weighted by molar-refractivity contribution is 0.0957. The lowest BCUT2D eigenvalue weighted by Gasteiger charge is -1.99. The number of rotatable bonds is 3. The quantitative estimate of drug-likeness (QED) is 0.656. The van der Waals surface area contributed by atoms with Crippen molar-refractivity contribution in [1.29, 1.82) is 0 Å². The molecule has 0 radical (unpaired) electrons. The largest absolute Gasteiger partial charge is 0.348 e. The molecule has 62 valence electrons. The minimum absolute atomic E-state index is 0.185. The molecule has 0 aliphatic heterocycles. The standard InChI is InChI=1S/C8H9N3O/c1-2-3-11-8(12)7-4-9-6-10-5-7/h2,4-6H,1,3H2,(H,11,12). The second-order valence-corrected chi connectivity index (χ2v) is 2.13. The van der Waals surface area contributed by atoms with Gasteiger partial charge in [0.05, 0.1) is 5.56 Å². The summed E-state index contributed by atoms with van der Waals surface area (Å²) in [5.74, 6) is -0.185. The van der Waals surface area contributed by atoms with Crippen LogP contribution in [-0.2, 0) is 0 Å². The first-order valence-corrected chi connectivity index (χ1v) is 3.48. The Labute approximate surface area is 70.4 Å². The molecule has 0 bridgehead atoms. The van der Waals surface area contributed by atoms with Gasteiger partial charge in [-0.25, -0.2) is 9.97 Å². The molecule has 4 nitrogen and oxygen atoms in total. The van der Waals surface area contributed by atoms with E-state index in [1.54, 1.807) is 6.08 Å². The summed E-state index contributed by atoms with van der Waals surface area (Å²) in [6.45, 7) is 3.93. The van der Waals surface area contributed by atoms with Gasteiger partial charge in [0.25, 0.3) is 5.91 Å². The smallest absolute Gasteiger partial charge is 0.254 e. The molecule has 1 N–H and O–H groups in total. The van der Waals surface area contributed by atoms with Crippen molar-refractivity contribution in [2.24, 2.45) is 0 Å². The third-order valence-electron chi connectivity index (χ3n) is 1.23. The maximum Gasteiger partial charge on any atom is 0.254 e. The average molecular weight is 163 g/mol. The van der Waals surface area contributed by atoms with Gasteiger partial charge in [0.15, 0.2) is 0 Å². The molecule has 0 aromatic carbocycles. The van der Waals surface area contributed by atoms with Crippen molar-refractivity contribution in [3.05, 3.63) is 36.9 Å². The molecule has 1 amide bonds. The summed E-state index contributed by atoms with van der Waals surface area (Å²) < 4.78 is 0. The Morgan fingerprint density at radius 1 is 1.58 bits per heavy atom. The molecule has 1 aromatic rings. The number of hydrogen-bond acceptors (Lipinski definition) is 3. The van der Waals surface area contributed by atoms with Crippen LogP contribution in [0.5, 0.6) is 0 Å². The topological polar surface area (TPSA) is 54.9 Å². The fourth-order valence-electron chi connectivity index (χ4n) is 0.683. The maximum absolute atomic E-state index is 11.2. The van der Waals surface area contributed by atoms with E-state index >= 15 is 0 Å². The van der Waals surface area contributed by atoms with Crippen molar-refractivity contribution in [3.63, 3.8) is 0 Å². The Morgan fingerprint density at radius 3 is 2.83 bits per heavy atom. The molecule has 0 spiro atoms. The second kappa shape index (κ2) is 4.23. The molecule has 12 heavy (non-hydrogen) atoms. The molecule has 1 rings (SSSR count). The predicted molar refractivity (Wildman–Crippen MR) is 44.6 cm³/mol. The summed E-state index contributed by atoms with van der Waals surface area (Å²) in [4.78, 5) is 18.6. The molecule has 0 aliphatic carbocycles. The average Bonchev–Trinajstić information content (AvgIpc) is 2.15. The Hall–Kier alpha value is -1.71. The molecule has 0 aliphatic rings. The van der Waals surface area contributed by atoms with Gasteiger partial charge >= 0.3 is 0 Å². The van der Waals surface area contributed by atoms with Crippen molar-refractivity contribution in [2.45, 2.75) is 0 Å². The van der Waals surface area contributed by atoms with Crippen molar-refractivity contribution < 1.29 is 4.79 Å².